The highest BCUT2D eigenvalue weighted by Crippen LogP contribution is 2.59. The fourth-order valence-electron chi connectivity index (χ4n) is 6.23. The number of hydrogen-bond donors (Lipinski definition) is 3. The van der Waals surface area contributed by atoms with Crippen LogP contribution in [0.15, 0.2) is 35.5 Å². The lowest BCUT2D eigenvalue weighted by molar-refractivity contribution is -0.137. The molecule has 0 amide bonds. The van der Waals surface area contributed by atoms with Crippen molar-refractivity contribution < 1.29 is 20.1 Å². The number of aliphatic hydroxyl groups excluding tert-OH is 2. The average Bonchev–Trinajstić information content (AvgIpc) is 2.99. The summed E-state index contributed by atoms with van der Waals surface area (Å²) in [5.41, 5.74) is 3.45. The van der Waals surface area contributed by atoms with Crippen molar-refractivity contribution in [1.82, 2.24) is 0 Å². The molecule has 2 unspecified atom stereocenters. The predicted octanol–water partition coefficient (Wildman–Crippen LogP) is 4.63. The molecule has 0 aromatic rings. The number of fused-ring (bicyclic) bond motifs is 1. The normalized spacial score (nSPS) is 39.9. The number of carbonyl (C=O) groups is 1. The smallest absolute Gasteiger partial charge is 0.303 e. The molecule has 0 saturated heterocycles. The van der Waals surface area contributed by atoms with Gasteiger partial charge < -0.3 is 15.3 Å². The van der Waals surface area contributed by atoms with Crippen LogP contribution >= 0.6 is 0 Å². The number of carboxylic acid groups (broad SMARTS) is 1. The molecule has 3 rings (SSSR count). The number of hydrogen-bond acceptors (Lipinski definition) is 3. The number of aliphatic carboxylic acids is 1. The molecule has 0 heterocycles. The van der Waals surface area contributed by atoms with Crippen LogP contribution in [0.2, 0.25) is 0 Å². The maximum absolute atomic E-state index is 11.0. The first kappa shape index (κ1) is 21.3. The summed E-state index contributed by atoms with van der Waals surface area (Å²) in [4.78, 5) is 11.0. The molecule has 6 atom stereocenters. The fourth-order valence-corrected chi connectivity index (χ4v) is 6.23. The van der Waals surface area contributed by atoms with Crippen LogP contribution in [0.25, 0.3) is 0 Å². The van der Waals surface area contributed by atoms with Gasteiger partial charge in [0.25, 0.3) is 0 Å². The molecule has 3 fully saturated rings. The zero-order chi connectivity index (χ0) is 20.5. The van der Waals surface area contributed by atoms with Gasteiger partial charge in [0, 0.05) is 12.8 Å². The largest absolute Gasteiger partial charge is 0.481 e. The average molecular weight is 389 g/mol. The molecule has 3 saturated carbocycles. The van der Waals surface area contributed by atoms with Crippen molar-refractivity contribution in [2.24, 2.45) is 23.2 Å². The van der Waals surface area contributed by atoms with E-state index in [0.717, 1.165) is 24.0 Å². The molecule has 3 aliphatic rings. The van der Waals surface area contributed by atoms with E-state index < -0.39 is 18.2 Å². The lowest BCUT2D eigenvalue weighted by Crippen LogP contribution is -2.36. The molecule has 0 spiro atoms. The van der Waals surface area contributed by atoms with Crippen LogP contribution < -0.4 is 0 Å². The molecule has 156 valence electrons. The monoisotopic (exact) mass is 388 g/mol. The second-order valence-corrected chi connectivity index (χ2v) is 9.57. The summed E-state index contributed by atoms with van der Waals surface area (Å²) < 4.78 is 0. The topological polar surface area (TPSA) is 77.8 Å². The minimum Gasteiger partial charge on any atom is -0.481 e. The maximum atomic E-state index is 11.0. The Bertz CT molecular complexity index is 676. The Morgan fingerprint density at radius 1 is 1.32 bits per heavy atom. The first-order valence-corrected chi connectivity index (χ1v) is 10.9. The van der Waals surface area contributed by atoms with Crippen LogP contribution in [0.4, 0.5) is 0 Å². The molecule has 3 N–H and O–H groups in total. The number of carboxylic acids is 1. The van der Waals surface area contributed by atoms with Crippen molar-refractivity contribution in [3.63, 3.8) is 0 Å². The molecule has 0 radical (unpaired) electrons. The third-order valence-electron chi connectivity index (χ3n) is 7.80. The molecule has 0 aliphatic heterocycles. The molecular formula is C24H36O4. The Labute approximate surface area is 169 Å². The second kappa shape index (κ2) is 8.54. The first-order valence-electron chi connectivity index (χ1n) is 10.9. The number of allylic oxidation sites excluding steroid dienone is 3. The van der Waals surface area contributed by atoms with Gasteiger partial charge in [-0.25, -0.2) is 0 Å². The zero-order valence-electron chi connectivity index (χ0n) is 17.4. The van der Waals surface area contributed by atoms with E-state index in [0.29, 0.717) is 30.6 Å². The van der Waals surface area contributed by atoms with Gasteiger partial charge in [0.05, 0.1) is 12.2 Å². The quantitative estimate of drug-likeness (QED) is 0.642. The Hall–Kier alpha value is -1.39. The van der Waals surface area contributed by atoms with E-state index in [2.05, 4.69) is 32.6 Å². The molecule has 4 nitrogen and oxygen atoms in total. The van der Waals surface area contributed by atoms with Gasteiger partial charge >= 0.3 is 5.97 Å². The van der Waals surface area contributed by atoms with Crippen LogP contribution in [-0.2, 0) is 4.79 Å². The van der Waals surface area contributed by atoms with E-state index in [1.807, 2.05) is 0 Å². The van der Waals surface area contributed by atoms with E-state index in [1.54, 1.807) is 0 Å². The molecule has 0 aromatic carbocycles. The van der Waals surface area contributed by atoms with Gasteiger partial charge in [-0.15, -0.1) is 0 Å². The lowest BCUT2D eigenvalue weighted by Gasteiger charge is -2.44. The van der Waals surface area contributed by atoms with Gasteiger partial charge in [-0.1, -0.05) is 38.2 Å². The third kappa shape index (κ3) is 4.28. The first-order chi connectivity index (χ1) is 13.2. The lowest BCUT2D eigenvalue weighted by atomic mass is 9.60. The summed E-state index contributed by atoms with van der Waals surface area (Å²) in [7, 11) is 0. The van der Waals surface area contributed by atoms with Crippen molar-refractivity contribution in [1.29, 1.82) is 0 Å². The fraction of sp³-hybridized carbons (Fsp3) is 0.708. The third-order valence-corrected chi connectivity index (χ3v) is 7.80. The maximum Gasteiger partial charge on any atom is 0.303 e. The summed E-state index contributed by atoms with van der Waals surface area (Å²) in [5, 5.41) is 29.1. The van der Waals surface area contributed by atoms with Crippen molar-refractivity contribution in [3.05, 3.63) is 35.5 Å². The summed E-state index contributed by atoms with van der Waals surface area (Å²) in [6.07, 6.45) is 11.0. The van der Waals surface area contributed by atoms with Crippen LogP contribution in [0.1, 0.15) is 71.6 Å². The second-order valence-electron chi connectivity index (χ2n) is 9.57. The van der Waals surface area contributed by atoms with Crippen LogP contribution in [-0.4, -0.2) is 33.5 Å². The standard InChI is InChI=1S/C24H36O4/c1-15(6-11-23(27)28)20-9-10-21-17(5-4-12-24(20,21)3)7-8-18-13-19(25)14-22(26)16(18)2/h7-8,15,19-22,25-26H,2,4-6,9-14H2,1,3H3,(H,27,28)/t15-,19?,20-,21+,22?,24-/m1/s1. The highest BCUT2D eigenvalue weighted by molar-refractivity contribution is 5.66. The Kier molecular flexibility index (Phi) is 6.51. The van der Waals surface area contributed by atoms with Crippen molar-refractivity contribution in [2.45, 2.75) is 83.8 Å². The van der Waals surface area contributed by atoms with Gasteiger partial charge in [-0.3, -0.25) is 4.79 Å². The number of aliphatic hydroxyl groups is 2. The Balaban J connectivity index is 1.76. The summed E-state index contributed by atoms with van der Waals surface area (Å²) >= 11 is 0. The highest BCUT2D eigenvalue weighted by Gasteiger charge is 2.50. The Morgan fingerprint density at radius 2 is 2.07 bits per heavy atom. The van der Waals surface area contributed by atoms with Crippen LogP contribution in [0, 0.1) is 23.2 Å². The molecule has 0 bridgehead atoms. The zero-order valence-corrected chi connectivity index (χ0v) is 17.4. The van der Waals surface area contributed by atoms with Gasteiger partial charge in [-0.2, -0.15) is 0 Å². The van der Waals surface area contributed by atoms with Gasteiger partial charge in [0.15, 0.2) is 0 Å². The minimum atomic E-state index is -0.695. The van der Waals surface area contributed by atoms with E-state index in [9.17, 15) is 15.0 Å². The molecular weight excluding hydrogens is 352 g/mol. The van der Waals surface area contributed by atoms with Crippen molar-refractivity contribution >= 4 is 5.97 Å². The minimum absolute atomic E-state index is 0.253. The van der Waals surface area contributed by atoms with Gasteiger partial charge in [0.1, 0.15) is 0 Å². The highest BCUT2D eigenvalue weighted by atomic mass is 16.4. The number of rotatable bonds is 5. The van der Waals surface area contributed by atoms with E-state index in [-0.39, 0.29) is 11.8 Å². The molecule has 28 heavy (non-hydrogen) atoms. The van der Waals surface area contributed by atoms with Crippen LogP contribution in [0.3, 0.4) is 0 Å². The summed E-state index contributed by atoms with van der Waals surface area (Å²) in [6.45, 7) is 8.67. The predicted molar refractivity (Wildman–Crippen MR) is 111 cm³/mol. The van der Waals surface area contributed by atoms with Gasteiger partial charge in [0.2, 0.25) is 0 Å². The van der Waals surface area contributed by atoms with E-state index in [1.165, 1.54) is 31.3 Å². The molecule has 4 heteroatoms. The van der Waals surface area contributed by atoms with Crippen molar-refractivity contribution in [2.75, 3.05) is 0 Å². The van der Waals surface area contributed by atoms with Crippen LogP contribution in [0.5, 0.6) is 0 Å². The summed E-state index contributed by atoms with van der Waals surface area (Å²) in [6, 6.07) is 0. The Morgan fingerprint density at radius 3 is 2.79 bits per heavy atom. The van der Waals surface area contributed by atoms with E-state index >= 15 is 0 Å². The van der Waals surface area contributed by atoms with Gasteiger partial charge in [-0.05, 0) is 79.3 Å². The summed E-state index contributed by atoms with van der Waals surface area (Å²) in [5.74, 6) is 0.885. The molecule has 0 aromatic heterocycles. The van der Waals surface area contributed by atoms with Crippen molar-refractivity contribution in [3.8, 4) is 0 Å². The SMILES string of the molecule is C=C1C(=CC=C2CCC[C@]3(C)[C@@H]([C@H](C)CCC(=O)O)CC[C@@H]23)CC(O)CC1O. The van der Waals surface area contributed by atoms with E-state index in [4.69, 9.17) is 5.11 Å². The molecule has 3 aliphatic carbocycles.